The number of pyridine rings is 1. The molecular weight excluding hydrogens is 240 g/mol. The minimum atomic E-state index is 0.0968. The number of likely N-dealkylation sites (tertiary alicyclic amines) is 1. The molecule has 0 bridgehead atoms. The van der Waals surface area contributed by atoms with E-state index < -0.39 is 0 Å². The molecule has 1 saturated heterocycles. The van der Waals surface area contributed by atoms with Crippen molar-refractivity contribution in [2.45, 2.75) is 18.9 Å². The molecule has 0 spiro atoms. The van der Waals surface area contributed by atoms with E-state index in [1.807, 2.05) is 38.2 Å². The summed E-state index contributed by atoms with van der Waals surface area (Å²) in [5, 5.41) is 2.95. The Morgan fingerprint density at radius 2 is 2.32 bits per heavy atom. The van der Waals surface area contributed by atoms with Crippen molar-refractivity contribution >= 4 is 11.7 Å². The predicted molar refractivity (Wildman–Crippen MR) is 76.4 cm³/mol. The molecule has 0 saturated carbocycles. The predicted octanol–water partition coefficient (Wildman–Crippen LogP) is 1.29. The minimum Gasteiger partial charge on any atom is -0.373 e. The van der Waals surface area contributed by atoms with Crippen LogP contribution in [0.2, 0.25) is 0 Å². The lowest BCUT2D eigenvalue weighted by Gasteiger charge is -2.27. The smallest absolute Gasteiger partial charge is 0.255 e. The monoisotopic (exact) mass is 262 g/mol. The average molecular weight is 262 g/mol. The van der Waals surface area contributed by atoms with Gasteiger partial charge in [-0.15, -0.1) is 0 Å². The summed E-state index contributed by atoms with van der Waals surface area (Å²) in [6.45, 7) is 1.78. The number of likely N-dealkylation sites (N-methyl/N-ethyl adjacent to an activating group) is 1. The number of rotatable bonds is 4. The fraction of sp³-hybridized carbons (Fsp3) is 0.571. The van der Waals surface area contributed by atoms with E-state index in [0.29, 0.717) is 11.6 Å². The van der Waals surface area contributed by atoms with Gasteiger partial charge in [-0.2, -0.15) is 0 Å². The largest absolute Gasteiger partial charge is 0.373 e. The zero-order chi connectivity index (χ0) is 13.8. The molecule has 5 heteroatoms. The van der Waals surface area contributed by atoms with Gasteiger partial charge in [0.05, 0.1) is 5.56 Å². The van der Waals surface area contributed by atoms with Crippen LogP contribution in [0.15, 0.2) is 18.3 Å². The minimum absolute atomic E-state index is 0.0968. The standard InChI is InChI=1S/C14H22N4O/c1-15-13-7-6-11(9-16-13)14(19)18-8-4-5-12(18)10-17(2)3/h6-7,9,12H,4-5,8,10H2,1-3H3,(H,15,16). The number of hydrogen-bond donors (Lipinski definition) is 1. The van der Waals surface area contributed by atoms with E-state index in [-0.39, 0.29) is 5.91 Å². The number of aromatic nitrogens is 1. The van der Waals surface area contributed by atoms with Crippen LogP contribution in [-0.2, 0) is 0 Å². The lowest BCUT2D eigenvalue weighted by molar-refractivity contribution is 0.0716. The normalized spacial score (nSPS) is 18.9. The van der Waals surface area contributed by atoms with Crippen LogP contribution in [0.3, 0.4) is 0 Å². The molecule has 2 rings (SSSR count). The Bertz CT molecular complexity index is 430. The molecule has 0 aromatic carbocycles. The molecule has 5 nitrogen and oxygen atoms in total. The first-order valence-corrected chi connectivity index (χ1v) is 6.71. The maximum absolute atomic E-state index is 12.5. The first-order valence-electron chi connectivity index (χ1n) is 6.71. The molecule has 19 heavy (non-hydrogen) atoms. The molecule has 1 aliphatic heterocycles. The average Bonchev–Trinajstić information content (AvgIpc) is 2.85. The zero-order valence-electron chi connectivity index (χ0n) is 11.9. The van der Waals surface area contributed by atoms with Crippen molar-refractivity contribution in [3.05, 3.63) is 23.9 Å². The number of nitrogens with zero attached hydrogens (tertiary/aromatic N) is 3. The van der Waals surface area contributed by atoms with Crippen molar-refractivity contribution in [2.75, 3.05) is 39.5 Å². The molecule has 1 amide bonds. The van der Waals surface area contributed by atoms with Crippen molar-refractivity contribution in [3.63, 3.8) is 0 Å². The van der Waals surface area contributed by atoms with Crippen molar-refractivity contribution in [2.24, 2.45) is 0 Å². The number of amides is 1. The highest BCUT2D eigenvalue weighted by atomic mass is 16.2. The van der Waals surface area contributed by atoms with Crippen LogP contribution in [0.1, 0.15) is 23.2 Å². The molecule has 2 heterocycles. The van der Waals surface area contributed by atoms with Gasteiger partial charge in [0.2, 0.25) is 0 Å². The topological polar surface area (TPSA) is 48.5 Å². The number of carbonyl (C=O) groups is 1. The summed E-state index contributed by atoms with van der Waals surface area (Å²) in [6.07, 6.45) is 3.83. The third kappa shape index (κ3) is 3.23. The SMILES string of the molecule is CNc1ccc(C(=O)N2CCCC2CN(C)C)cn1. The zero-order valence-corrected chi connectivity index (χ0v) is 11.9. The van der Waals surface area contributed by atoms with Crippen LogP contribution < -0.4 is 5.32 Å². The van der Waals surface area contributed by atoms with Gasteiger partial charge >= 0.3 is 0 Å². The summed E-state index contributed by atoms with van der Waals surface area (Å²) in [5.41, 5.74) is 0.671. The fourth-order valence-corrected chi connectivity index (χ4v) is 2.55. The van der Waals surface area contributed by atoms with Crippen molar-refractivity contribution in [3.8, 4) is 0 Å². The molecular formula is C14H22N4O. The molecule has 0 radical (unpaired) electrons. The van der Waals surface area contributed by atoms with Crippen LogP contribution >= 0.6 is 0 Å². The summed E-state index contributed by atoms with van der Waals surface area (Å²) >= 11 is 0. The van der Waals surface area contributed by atoms with Crippen molar-refractivity contribution < 1.29 is 4.79 Å². The quantitative estimate of drug-likeness (QED) is 0.888. The summed E-state index contributed by atoms with van der Waals surface area (Å²) in [4.78, 5) is 20.8. The number of hydrogen-bond acceptors (Lipinski definition) is 4. The molecule has 1 N–H and O–H groups in total. The number of anilines is 1. The molecule has 1 atom stereocenters. The van der Waals surface area contributed by atoms with Gasteiger partial charge in [-0.1, -0.05) is 0 Å². The van der Waals surface area contributed by atoms with Gasteiger partial charge in [0.1, 0.15) is 5.82 Å². The highest BCUT2D eigenvalue weighted by molar-refractivity contribution is 5.94. The van der Waals surface area contributed by atoms with E-state index in [9.17, 15) is 4.79 Å². The second-order valence-corrected chi connectivity index (χ2v) is 5.24. The van der Waals surface area contributed by atoms with Crippen molar-refractivity contribution in [1.29, 1.82) is 0 Å². The second-order valence-electron chi connectivity index (χ2n) is 5.24. The lowest BCUT2D eigenvalue weighted by Crippen LogP contribution is -2.41. The number of carbonyl (C=O) groups excluding carboxylic acids is 1. The summed E-state index contributed by atoms with van der Waals surface area (Å²) in [7, 11) is 5.91. The Balaban J connectivity index is 2.09. The van der Waals surface area contributed by atoms with Crippen LogP contribution in [0.5, 0.6) is 0 Å². The third-order valence-corrected chi connectivity index (χ3v) is 3.48. The maximum Gasteiger partial charge on any atom is 0.255 e. The maximum atomic E-state index is 12.5. The van der Waals surface area contributed by atoms with Gasteiger partial charge in [0.25, 0.3) is 5.91 Å². The van der Waals surface area contributed by atoms with Crippen LogP contribution in [-0.4, -0.2) is 61.0 Å². The van der Waals surface area contributed by atoms with Gasteiger partial charge in [0, 0.05) is 32.4 Å². The lowest BCUT2D eigenvalue weighted by atomic mass is 10.2. The first kappa shape index (κ1) is 13.8. The molecule has 1 aliphatic rings. The van der Waals surface area contributed by atoms with Crippen LogP contribution in [0.4, 0.5) is 5.82 Å². The van der Waals surface area contributed by atoms with Gasteiger partial charge in [0.15, 0.2) is 0 Å². The summed E-state index contributed by atoms with van der Waals surface area (Å²) in [6, 6.07) is 4.00. The molecule has 0 aliphatic carbocycles. The van der Waals surface area contributed by atoms with E-state index in [1.54, 1.807) is 6.20 Å². The summed E-state index contributed by atoms with van der Waals surface area (Å²) in [5.74, 6) is 0.877. The summed E-state index contributed by atoms with van der Waals surface area (Å²) < 4.78 is 0. The molecule has 1 fully saturated rings. The molecule has 104 valence electrons. The Morgan fingerprint density at radius 3 is 2.89 bits per heavy atom. The Hall–Kier alpha value is -1.62. The van der Waals surface area contributed by atoms with Gasteiger partial charge in [-0.25, -0.2) is 4.98 Å². The first-order chi connectivity index (χ1) is 9.11. The van der Waals surface area contributed by atoms with Crippen LogP contribution in [0.25, 0.3) is 0 Å². The highest BCUT2D eigenvalue weighted by Crippen LogP contribution is 2.20. The van der Waals surface area contributed by atoms with Crippen molar-refractivity contribution in [1.82, 2.24) is 14.8 Å². The highest BCUT2D eigenvalue weighted by Gasteiger charge is 2.29. The van der Waals surface area contributed by atoms with E-state index >= 15 is 0 Å². The third-order valence-electron chi connectivity index (χ3n) is 3.48. The second kappa shape index (κ2) is 6.02. The Kier molecular flexibility index (Phi) is 4.37. The van der Waals surface area contributed by atoms with E-state index in [2.05, 4.69) is 15.2 Å². The van der Waals surface area contributed by atoms with Gasteiger partial charge < -0.3 is 15.1 Å². The molecule has 1 aromatic rings. The molecule has 1 unspecified atom stereocenters. The van der Waals surface area contributed by atoms with Gasteiger partial charge in [-0.3, -0.25) is 4.79 Å². The van der Waals surface area contributed by atoms with Crippen LogP contribution in [0, 0.1) is 0 Å². The van der Waals surface area contributed by atoms with E-state index in [0.717, 1.165) is 31.7 Å². The van der Waals surface area contributed by atoms with Gasteiger partial charge in [-0.05, 0) is 39.1 Å². The Morgan fingerprint density at radius 1 is 1.53 bits per heavy atom. The Labute approximate surface area is 114 Å². The van der Waals surface area contributed by atoms with E-state index in [1.165, 1.54) is 0 Å². The number of nitrogens with one attached hydrogen (secondary N) is 1. The fourth-order valence-electron chi connectivity index (χ4n) is 2.55. The molecule has 1 aromatic heterocycles. The van der Waals surface area contributed by atoms with E-state index in [4.69, 9.17) is 0 Å².